The zero-order valence-electron chi connectivity index (χ0n) is 23.5. The summed E-state index contributed by atoms with van der Waals surface area (Å²) < 4.78 is 27.3. The molecule has 2 fully saturated rings. The number of halogens is 1. The van der Waals surface area contributed by atoms with Crippen LogP contribution in [0.5, 0.6) is 0 Å². The molecule has 4 aromatic rings. The van der Waals surface area contributed by atoms with Crippen molar-refractivity contribution >= 4 is 42.8 Å². The Hall–Kier alpha value is -2.60. The number of thioether (sulfide) groups is 1. The quantitative estimate of drug-likeness (QED) is 0.190. The van der Waals surface area contributed by atoms with Gasteiger partial charge in [-0.15, -0.1) is 22.0 Å². The number of pyridine rings is 1. The van der Waals surface area contributed by atoms with Crippen molar-refractivity contribution in [3.8, 4) is 22.2 Å². The highest BCUT2D eigenvalue weighted by molar-refractivity contribution is 7.99. The number of methoxy groups -OCH3 is 1. The molecule has 0 N–H and O–H groups in total. The standard InChI is InChI=1S/C29H30ClN5O4S2Si/c1-36-26-24(35-15-21(33-34-35)27-32-23(30)17-40-27)25-22(16-37-28(39-25)19-8-6-5-7-9-19)38-29(26)41-20-12-18(13-31-14-20)10-11-42(2,3)4/h5-9,12-15,17,22,24-26,28-29H,16H2,1-4H3/t22?,24?,25-,26?,28?,29+/m0/s1. The molecular formula is C29H30ClN5O4S2Si. The van der Waals surface area contributed by atoms with Gasteiger partial charge in [0.1, 0.15) is 53.7 Å². The first-order chi connectivity index (χ1) is 20.3. The van der Waals surface area contributed by atoms with Crippen LogP contribution in [0.15, 0.2) is 65.3 Å². The third-order valence-electron chi connectivity index (χ3n) is 6.71. The first-order valence-corrected chi connectivity index (χ1v) is 19.1. The first kappa shape index (κ1) is 29.5. The monoisotopic (exact) mass is 639 g/mol. The Morgan fingerprint density at radius 1 is 1.17 bits per heavy atom. The minimum Gasteiger partial charge on any atom is -0.375 e. The molecule has 4 unspecified atom stereocenters. The van der Waals surface area contributed by atoms with Crippen LogP contribution in [0.3, 0.4) is 0 Å². The van der Waals surface area contributed by atoms with Gasteiger partial charge in [-0.05, 0) is 6.07 Å². The van der Waals surface area contributed by atoms with Crippen LogP contribution in [0.4, 0.5) is 0 Å². The number of ether oxygens (including phenoxy) is 4. The molecule has 0 aliphatic carbocycles. The molecule has 2 aliphatic heterocycles. The number of thiazole rings is 1. The normalized spacial score (nSPS) is 25.8. The highest BCUT2D eigenvalue weighted by atomic mass is 35.5. The van der Waals surface area contributed by atoms with Gasteiger partial charge in [-0.2, -0.15) is 0 Å². The van der Waals surface area contributed by atoms with E-state index in [1.165, 1.54) is 23.1 Å². The second-order valence-electron chi connectivity index (χ2n) is 11.0. The van der Waals surface area contributed by atoms with Gasteiger partial charge in [-0.1, -0.05) is 84.5 Å². The molecule has 6 rings (SSSR count). The second kappa shape index (κ2) is 12.6. The summed E-state index contributed by atoms with van der Waals surface area (Å²) in [4.78, 5) is 9.74. The van der Waals surface area contributed by atoms with Gasteiger partial charge in [-0.3, -0.25) is 4.98 Å². The highest BCUT2D eigenvalue weighted by Crippen LogP contribution is 2.44. The van der Waals surface area contributed by atoms with Crippen LogP contribution in [-0.2, 0) is 18.9 Å². The lowest BCUT2D eigenvalue weighted by atomic mass is 9.96. The van der Waals surface area contributed by atoms with Gasteiger partial charge in [0.2, 0.25) is 0 Å². The highest BCUT2D eigenvalue weighted by Gasteiger charge is 2.52. The van der Waals surface area contributed by atoms with Gasteiger partial charge >= 0.3 is 0 Å². The summed E-state index contributed by atoms with van der Waals surface area (Å²) in [6, 6.07) is 11.5. The van der Waals surface area contributed by atoms with E-state index >= 15 is 0 Å². The Morgan fingerprint density at radius 2 is 2.00 bits per heavy atom. The molecule has 6 atom stereocenters. The SMILES string of the molecule is COC1C(n2cc(-c3nc(Cl)cs3)nn2)[C@H]2OC(c3ccccc3)OCC2O[C@@H]1Sc1cncc(C#C[Si](C)(C)C)c1. The van der Waals surface area contributed by atoms with Crippen molar-refractivity contribution in [3.05, 3.63) is 76.6 Å². The largest absolute Gasteiger partial charge is 0.375 e. The predicted molar refractivity (Wildman–Crippen MR) is 165 cm³/mol. The molecule has 5 heterocycles. The molecule has 218 valence electrons. The van der Waals surface area contributed by atoms with Gasteiger partial charge in [0.15, 0.2) is 6.29 Å². The van der Waals surface area contributed by atoms with Crippen molar-refractivity contribution in [1.82, 2.24) is 25.0 Å². The van der Waals surface area contributed by atoms with Crippen LogP contribution in [0, 0.1) is 11.5 Å². The van der Waals surface area contributed by atoms with E-state index in [0.717, 1.165) is 16.0 Å². The van der Waals surface area contributed by atoms with E-state index in [0.29, 0.717) is 22.5 Å². The molecule has 0 amide bonds. The van der Waals surface area contributed by atoms with Crippen molar-refractivity contribution in [2.24, 2.45) is 0 Å². The molecule has 1 aromatic carbocycles. The van der Waals surface area contributed by atoms with Crippen molar-refractivity contribution in [3.63, 3.8) is 0 Å². The van der Waals surface area contributed by atoms with Gasteiger partial charge < -0.3 is 18.9 Å². The van der Waals surface area contributed by atoms with E-state index in [4.69, 9.17) is 30.5 Å². The third-order valence-corrected chi connectivity index (χ3v) is 9.88. The smallest absolute Gasteiger partial charge is 0.184 e. The number of benzene rings is 1. The van der Waals surface area contributed by atoms with Crippen molar-refractivity contribution < 1.29 is 18.9 Å². The van der Waals surface area contributed by atoms with E-state index in [9.17, 15) is 0 Å². The molecule has 2 saturated heterocycles. The molecule has 0 radical (unpaired) electrons. The topological polar surface area (TPSA) is 93.4 Å². The van der Waals surface area contributed by atoms with Gasteiger partial charge in [-0.25, -0.2) is 9.67 Å². The fourth-order valence-electron chi connectivity index (χ4n) is 4.83. The number of rotatable bonds is 6. The first-order valence-electron chi connectivity index (χ1n) is 13.5. The number of fused-ring (bicyclic) bond motifs is 1. The maximum atomic E-state index is 6.62. The summed E-state index contributed by atoms with van der Waals surface area (Å²) in [6.07, 6.45) is 3.68. The van der Waals surface area contributed by atoms with E-state index in [1.807, 2.05) is 48.8 Å². The Bertz CT molecular complexity index is 1590. The molecule has 3 aromatic heterocycles. The molecule has 42 heavy (non-hydrogen) atoms. The summed E-state index contributed by atoms with van der Waals surface area (Å²) in [5.74, 6) is 3.29. The van der Waals surface area contributed by atoms with Crippen LogP contribution in [0.1, 0.15) is 23.5 Å². The van der Waals surface area contributed by atoms with Crippen LogP contribution in [0.2, 0.25) is 24.8 Å². The van der Waals surface area contributed by atoms with Crippen LogP contribution >= 0.6 is 34.7 Å². The fourth-order valence-corrected chi connectivity index (χ4v) is 7.43. The molecule has 13 heteroatoms. The summed E-state index contributed by atoms with van der Waals surface area (Å²) >= 11 is 9.03. The van der Waals surface area contributed by atoms with Crippen LogP contribution in [-0.4, -0.2) is 70.5 Å². The molecule has 9 nitrogen and oxygen atoms in total. The number of hydrogen-bond donors (Lipinski definition) is 0. The van der Waals surface area contributed by atoms with E-state index < -0.39 is 32.0 Å². The van der Waals surface area contributed by atoms with Crippen molar-refractivity contribution in [1.29, 1.82) is 0 Å². The summed E-state index contributed by atoms with van der Waals surface area (Å²) in [5, 5.41) is 11.8. The maximum absolute atomic E-state index is 6.62. The lowest BCUT2D eigenvalue weighted by Crippen LogP contribution is -2.59. The molecule has 0 spiro atoms. The summed E-state index contributed by atoms with van der Waals surface area (Å²) in [5.41, 5.74) is 5.43. The number of hydrogen-bond acceptors (Lipinski definition) is 10. The van der Waals surface area contributed by atoms with E-state index in [-0.39, 0.29) is 12.1 Å². The van der Waals surface area contributed by atoms with Gasteiger partial charge in [0.25, 0.3) is 0 Å². The minimum atomic E-state index is -1.53. The van der Waals surface area contributed by atoms with Crippen molar-refractivity contribution in [2.75, 3.05) is 13.7 Å². The molecule has 0 bridgehead atoms. The molecular weight excluding hydrogens is 610 g/mol. The maximum Gasteiger partial charge on any atom is 0.184 e. The Labute approximate surface area is 258 Å². The molecule has 0 saturated carbocycles. The Balaban J connectivity index is 1.32. The zero-order chi connectivity index (χ0) is 29.3. The van der Waals surface area contributed by atoms with Gasteiger partial charge in [0.05, 0.1) is 12.8 Å². The lowest BCUT2D eigenvalue weighted by Gasteiger charge is -2.48. The van der Waals surface area contributed by atoms with Gasteiger partial charge in [0, 0.05) is 40.9 Å². The average molecular weight is 640 g/mol. The lowest BCUT2D eigenvalue weighted by molar-refractivity contribution is -0.308. The van der Waals surface area contributed by atoms with E-state index in [2.05, 4.69) is 51.4 Å². The third kappa shape index (κ3) is 6.64. The van der Waals surface area contributed by atoms with Crippen LogP contribution < -0.4 is 0 Å². The second-order valence-corrected chi connectivity index (χ2v) is 18.2. The minimum absolute atomic E-state index is 0.345. The molecule has 2 aliphatic rings. The summed E-state index contributed by atoms with van der Waals surface area (Å²) in [7, 11) is 0.147. The number of aromatic nitrogens is 5. The van der Waals surface area contributed by atoms with Crippen molar-refractivity contribution in [2.45, 2.75) is 60.6 Å². The summed E-state index contributed by atoms with van der Waals surface area (Å²) in [6.45, 7) is 7.00. The Kier molecular flexibility index (Phi) is 8.81. The predicted octanol–water partition coefficient (Wildman–Crippen LogP) is 5.87. The Morgan fingerprint density at radius 3 is 2.74 bits per heavy atom. The number of nitrogens with zero attached hydrogens (tertiary/aromatic N) is 5. The van der Waals surface area contributed by atoms with E-state index in [1.54, 1.807) is 23.4 Å². The fraction of sp³-hybridized carbons (Fsp3) is 0.379. The van der Waals surface area contributed by atoms with Crippen LogP contribution in [0.25, 0.3) is 10.7 Å². The average Bonchev–Trinajstić information content (AvgIpc) is 3.65. The zero-order valence-corrected chi connectivity index (χ0v) is 26.9.